The van der Waals surface area contributed by atoms with Crippen molar-refractivity contribution in [1.29, 1.82) is 0 Å². The third-order valence-electron chi connectivity index (χ3n) is 5.07. The molecule has 30 heavy (non-hydrogen) atoms. The van der Waals surface area contributed by atoms with Crippen molar-refractivity contribution in [2.45, 2.75) is 64.1 Å². The van der Waals surface area contributed by atoms with Crippen LogP contribution in [0.3, 0.4) is 0 Å². The van der Waals surface area contributed by atoms with Crippen molar-refractivity contribution in [2.75, 3.05) is 5.75 Å². The maximum absolute atomic E-state index is 14.2. The number of thioether (sulfide) groups is 1. The van der Waals surface area contributed by atoms with E-state index in [0.29, 0.717) is 11.3 Å². The van der Waals surface area contributed by atoms with Crippen molar-refractivity contribution >= 4 is 23.6 Å². The molecule has 2 rings (SSSR count). The number of hydrogen-bond donors (Lipinski definition) is 1. The molecule has 2 aromatic carbocycles. The first-order chi connectivity index (χ1) is 14.3. The molecule has 0 fully saturated rings. The van der Waals surface area contributed by atoms with Crippen molar-refractivity contribution in [2.24, 2.45) is 0 Å². The molecule has 6 heteroatoms. The summed E-state index contributed by atoms with van der Waals surface area (Å²) in [6.07, 6.45) is 1.07. The first-order valence-corrected chi connectivity index (χ1v) is 11.3. The Bertz CT molecular complexity index is 841. The minimum Gasteiger partial charge on any atom is -0.352 e. The summed E-state index contributed by atoms with van der Waals surface area (Å²) in [5, 5.41) is 2.92. The van der Waals surface area contributed by atoms with Crippen molar-refractivity contribution in [1.82, 2.24) is 10.2 Å². The third-order valence-corrected chi connectivity index (χ3v) is 6.09. The normalized spacial score (nSPS) is 12.8. The molecule has 0 heterocycles. The molecule has 0 saturated carbocycles. The van der Waals surface area contributed by atoms with Gasteiger partial charge in [-0.25, -0.2) is 4.39 Å². The monoisotopic (exact) mass is 430 g/mol. The fraction of sp³-hybridized carbons (Fsp3) is 0.417. The van der Waals surface area contributed by atoms with E-state index < -0.39 is 6.04 Å². The Morgan fingerprint density at radius 1 is 1.10 bits per heavy atom. The first kappa shape index (κ1) is 23.9. The van der Waals surface area contributed by atoms with E-state index >= 15 is 0 Å². The molecule has 0 radical (unpaired) electrons. The van der Waals surface area contributed by atoms with Gasteiger partial charge in [-0.3, -0.25) is 9.59 Å². The summed E-state index contributed by atoms with van der Waals surface area (Å²) in [6.45, 7) is 7.70. The van der Waals surface area contributed by atoms with Gasteiger partial charge in [0.2, 0.25) is 11.8 Å². The number of rotatable bonds is 10. The van der Waals surface area contributed by atoms with Crippen LogP contribution < -0.4 is 5.32 Å². The number of benzene rings is 2. The molecule has 2 atom stereocenters. The summed E-state index contributed by atoms with van der Waals surface area (Å²) in [7, 11) is 0. The van der Waals surface area contributed by atoms with E-state index in [1.807, 2.05) is 45.0 Å². The number of amides is 2. The highest BCUT2D eigenvalue weighted by atomic mass is 32.2. The van der Waals surface area contributed by atoms with E-state index in [4.69, 9.17) is 0 Å². The molecule has 4 nitrogen and oxygen atoms in total. The molecular weight excluding hydrogens is 399 g/mol. The molecule has 0 spiro atoms. The number of nitrogens with zero attached hydrogens (tertiary/aromatic N) is 1. The van der Waals surface area contributed by atoms with E-state index in [-0.39, 0.29) is 36.6 Å². The molecule has 1 N–H and O–H groups in total. The minimum atomic E-state index is -0.685. The lowest BCUT2D eigenvalue weighted by Gasteiger charge is -2.30. The van der Waals surface area contributed by atoms with Crippen LogP contribution >= 0.6 is 11.8 Å². The molecule has 2 amide bonds. The topological polar surface area (TPSA) is 49.4 Å². The van der Waals surface area contributed by atoms with Gasteiger partial charge in [0, 0.05) is 35.2 Å². The molecule has 0 aliphatic heterocycles. The largest absolute Gasteiger partial charge is 0.352 e. The van der Waals surface area contributed by atoms with Gasteiger partial charge >= 0.3 is 0 Å². The number of carbonyl (C=O) groups is 2. The van der Waals surface area contributed by atoms with Crippen molar-refractivity contribution in [3.8, 4) is 0 Å². The van der Waals surface area contributed by atoms with E-state index in [9.17, 15) is 14.0 Å². The molecule has 0 bridgehead atoms. The maximum atomic E-state index is 14.2. The van der Waals surface area contributed by atoms with E-state index in [1.54, 1.807) is 36.9 Å². The summed E-state index contributed by atoms with van der Waals surface area (Å²) < 4.78 is 14.2. The van der Waals surface area contributed by atoms with Crippen LogP contribution in [0.2, 0.25) is 0 Å². The van der Waals surface area contributed by atoms with Crippen LogP contribution in [0.5, 0.6) is 0 Å². The highest BCUT2D eigenvalue weighted by Crippen LogP contribution is 2.21. The van der Waals surface area contributed by atoms with Gasteiger partial charge in [0.25, 0.3) is 0 Å². The second-order valence-electron chi connectivity index (χ2n) is 7.52. The standard InChI is InChI=1S/C24H31FN2O2S/c1-5-18(3)26-24(29)19(4)27(16-20-8-6-7-9-22(20)25)23(28)14-15-30-21-12-10-17(2)11-13-21/h6-13,18-19H,5,14-16H2,1-4H3,(H,26,29)/t18-,19-/m0/s1. The Kier molecular flexibility index (Phi) is 9.37. The molecule has 0 aliphatic carbocycles. The molecule has 162 valence electrons. The zero-order chi connectivity index (χ0) is 22.1. The molecule has 2 aromatic rings. The summed E-state index contributed by atoms with van der Waals surface area (Å²) in [6, 6.07) is 13.8. The lowest BCUT2D eigenvalue weighted by Crippen LogP contribution is -2.49. The highest BCUT2D eigenvalue weighted by Gasteiger charge is 2.27. The van der Waals surface area contributed by atoms with Crippen LogP contribution in [0, 0.1) is 12.7 Å². The second kappa shape index (κ2) is 11.7. The second-order valence-corrected chi connectivity index (χ2v) is 8.69. The predicted molar refractivity (Wildman–Crippen MR) is 121 cm³/mol. The number of nitrogens with one attached hydrogen (secondary N) is 1. The van der Waals surface area contributed by atoms with Crippen molar-refractivity contribution in [3.63, 3.8) is 0 Å². The Morgan fingerprint density at radius 3 is 2.40 bits per heavy atom. The molecule has 0 aromatic heterocycles. The van der Waals surface area contributed by atoms with Gasteiger partial charge in [-0.15, -0.1) is 11.8 Å². The minimum absolute atomic E-state index is 0.0162. The molecule has 0 aliphatic rings. The van der Waals surface area contributed by atoms with E-state index in [0.717, 1.165) is 11.3 Å². The van der Waals surface area contributed by atoms with Crippen LogP contribution in [0.1, 0.15) is 44.7 Å². The summed E-state index contributed by atoms with van der Waals surface area (Å²) in [5.41, 5.74) is 1.59. The molecule has 0 saturated heterocycles. The summed E-state index contributed by atoms with van der Waals surface area (Å²) in [5.74, 6) is -0.168. The van der Waals surface area contributed by atoms with Crippen LogP contribution in [-0.4, -0.2) is 34.6 Å². The van der Waals surface area contributed by atoms with Gasteiger partial charge in [0.05, 0.1) is 0 Å². The van der Waals surface area contributed by atoms with Crippen molar-refractivity contribution < 1.29 is 14.0 Å². The van der Waals surface area contributed by atoms with E-state index in [2.05, 4.69) is 5.32 Å². The Hall–Kier alpha value is -2.34. The summed E-state index contributed by atoms with van der Waals surface area (Å²) >= 11 is 1.60. The first-order valence-electron chi connectivity index (χ1n) is 10.3. The van der Waals surface area contributed by atoms with Crippen LogP contribution in [0.4, 0.5) is 4.39 Å². The van der Waals surface area contributed by atoms with Crippen molar-refractivity contribution in [3.05, 3.63) is 65.5 Å². The van der Waals surface area contributed by atoms with Crippen LogP contribution in [0.15, 0.2) is 53.4 Å². The number of carbonyl (C=O) groups excluding carboxylic acids is 2. The number of hydrogen-bond acceptors (Lipinski definition) is 3. The average molecular weight is 431 g/mol. The smallest absolute Gasteiger partial charge is 0.242 e. The quantitative estimate of drug-likeness (QED) is 0.543. The average Bonchev–Trinajstić information content (AvgIpc) is 2.73. The SMILES string of the molecule is CC[C@H](C)NC(=O)[C@H](C)N(Cc1ccccc1F)C(=O)CCSc1ccc(C)cc1. The Balaban J connectivity index is 2.08. The zero-order valence-corrected chi connectivity index (χ0v) is 19.0. The fourth-order valence-corrected chi connectivity index (χ4v) is 3.73. The fourth-order valence-electron chi connectivity index (χ4n) is 2.89. The molecular formula is C24H31FN2O2S. The van der Waals surface area contributed by atoms with Gasteiger partial charge in [0.15, 0.2) is 0 Å². The summed E-state index contributed by atoms with van der Waals surface area (Å²) in [4.78, 5) is 28.2. The van der Waals surface area contributed by atoms with Gasteiger partial charge in [-0.1, -0.05) is 42.8 Å². The predicted octanol–water partition coefficient (Wildman–Crippen LogP) is 4.95. The number of halogens is 1. The van der Waals surface area contributed by atoms with Crippen LogP contribution in [0.25, 0.3) is 0 Å². The Morgan fingerprint density at radius 2 is 1.77 bits per heavy atom. The number of aryl methyl sites for hydroxylation is 1. The van der Waals surface area contributed by atoms with E-state index in [1.165, 1.54) is 16.5 Å². The zero-order valence-electron chi connectivity index (χ0n) is 18.2. The lowest BCUT2D eigenvalue weighted by atomic mass is 10.1. The van der Waals surface area contributed by atoms with Gasteiger partial charge < -0.3 is 10.2 Å². The van der Waals surface area contributed by atoms with Gasteiger partial charge in [-0.2, -0.15) is 0 Å². The highest BCUT2D eigenvalue weighted by molar-refractivity contribution is 7.99. The van der Waals surface area contributed by atoms with Gasteiger partial charge in [0.1, 0.15) is 11.9 Å². The Labute approximate surface area is 183 Å². The third kappa shape index (κ3) is 7.17. The lowest BCUT2D eigenvalue weighted by molar-refractivity contribution is -0.140. The maximum Gasteiger partial charge on any atom is 0.242 e. The van der Waals surface area contributed by atoms with Gasteiger partial charge in [-0.05, 0) is 45.4 Å². The van der Waals surface area contributed by atoms with Crippen LogP contribution in [-0.2, 0) is 16.1 Å². The molecule has 0 unspecified atom stereocenters.